The fourth-order valence-corrected chi connectivity index (χ4v) is 2.98. The molecule has 0 unspecified atom stereocenters. The van der Waals surface area contributed by atoms with Gasteiger partial charge in [0.1, 0.15) is 0 Å². The predicted octanol–water partition coefficient (Wildman–Crippen LogP) is 4.98. The van der Waals surface area contributed by atoms with Crippen molar-refractivity contribution in [1.82, 2.24) is 4.98 Å². The number of aromatic carboxylic acids is 1. The number of nitrogens with zero attached hydrogens (tertiary/aromatic N) is 1. The molecule has 0 aliphatic rings. The summed E-state index contributed by atoms with van der Waals surface area (Å²) in [6.07, 6.45) is 0. The molecule has 0 radical (unpaired) electrons. The fraction of sp³-hybridized carbons (Fsp3) is 0.111. The van der Waals surface area contributed by atoms with Crippen molar-refractivity contribution in [2.24, 2.45) is 0 Å². The first-order valence-corrected chi connectivity index (χ1v) is 7.67. The number of benzene rings is 2. The summed E-state index contributed by atoms with van der Waals surface area (Å²) in [5.74, 6) is -0.933. The van der Waals surface area contributed by atoms with Gasteiger partial charge in [-0.05, 0) is 37.1 Å². The highest BCUT2D eigenvalue weighted by Crippen LogP contribution is 2.32. The van der Waals surface area contributed by atoms with Crippen LogP contribution in [0.25, 0.3) is 22.2 Å². The Morgan fingerprint density at radius 1 is 1.14 bits per heavy atom. The molecule has 3 nitrogen and oxygen atoms in total. The number of carboxylic acid groups (broad SMARTS) is 1. The van der Waals surface area contributed by atoms with Crippen molar-refractivity contribution in [3.63, 3.8) is 0 Å². The van der Waals surface area contributed by atoms with E-state index in [0.29, 0.717) is 27.7 Å². The van der Waals surface area contributed by atoms with Gasteiger partial charge in [0, 0.05) is 15.4 Å². The Kier molecular flexibility index (Phi) is 3.71. The topological polar surface area (TPSA) is 50.2 Å². The van der Waals surface area contributed by atoms with Gasteiger partial charge in [0.25, 0.3) is 0 Å². The molecule has 0 aliphatic carbocycles. The van der Waals surface area contributed by atoms with E-state index >= 15 is 0 Å². The SMILES string of the molecule is Cc1cc2nc(-c3ccccc3)c(C)c(C(=O)O)c2cc1Br. The number of carbonyl (C=O) groups is 1. The molecule has 0 spiro atoms. The number of aromatic nitrogens is 1. The molecule has 0 atom stereocenters. The molecule has 0 aliphatic heterocycles. The Bertz CT molecular complexity index is 889. The molecule has 0 fully saturated rings. The maximum absolute atomic E-state index is 11.8. The number of hydrogen-bond donors (Lipinski definition) is 1. The average Bonchev–Trinajstić information content (AvgIpc) is 2.49. The number of halogens is 1. The maximum atomic E-state index is 11.8. The van der Waals surface area contributed by atoms with E-state index in [1.54, 1.807) is 0 Å². The second kappa shape index (κ2) is 5.54. The highest BCUT2D eigenvalue weighted by molar-refractivity contribution is 9.10. The molecule has 110 valence electrons. The summed E-state index contributed by atoms with van der Waals surface area (Å²) < 4.78 is 0.885. The summed E-state index contributed by atoms with van der Waals surface area (Å²) in [6.45, 7) is 3.78. The Morgan fingerprint density at radius 2 is 1.82 bits per heavy atom. The second-order valence-electron chi connectivity index (χ2n) is 5.25. The molecule has 3 aromatic rings. The van der Waals surface area contributed by atoms with Crippen molar-refractivity contribution in [2.45, 2.75) is 13.8 Å². The number of hydrogen-bond acceptors (Lipinski definition) is 2. The van der Waals surface area contributed by atoms with Crippen LogP contribution in [0.15, 0.2) is 46.9 Å². The van der Waals surface area contributed by atoms with Crippen molar-refractivity contribution in [3.8, 4) is 11.3 Å². The first-order chi connectivity index (χ1) is 10.5. The molecule has 0 saturated heterocycles. The molecule has 1 heterocycles. The fourth-order valence-electron chi connectivity index (χ4n) is 2.64. The van der Waals surface area contributed by atoms with E-state index < -0.39 is 5.97 Å². The van der Waals surface area contributed by atoms with Crippen molar-refractivity contribution in [2.75, 3.05) is 0 Å². The van der Waals surface area contributed by atoms with E-state index in [-0.39, 0.29) is 0 Å². The van der Waals surface area contributed by atoms with Crippen LogP contribution in [0.4, 0.5) is 0 Å². The summed E-state index contributed by atoms with van der Waals surface area (Å²) in [6, 6.07) is 13.4. The highest BCUT2D eigenvalue weighted by Gasteiger charge is 2.19. The highest BCUT2D eigenvalue weighted by atomic mass is 79.9. The van der Waals surface area contributed by atoms with E-state index in [1.807, 2.05) is 56.3 Å². The van der Waals surface area contributed by atoms with Gasteiger partial charge in [-0.25, -0.2) is 9.78 Å². The summed E-state index contributed by atoms with van der Waals surface area (Å²) in [4.78, 5) is 16.5. The van der Waals surface area contributed by atoms with Crippen molar-refractivity contribution in [1.29, 1.82) is 0 Å². The summed E-state index contributed by atoms with van der Waals surface area (Å²) in [5.41, 5.74) is 4.35. The van der Waals surface area contributed by atoms with Gasteiger partial charge in [-0.15, -0.1) is 0 Å². The Balaban J connectivity index is 2.43. The zero-order valence-electron chi connectivity index (χ0n) is 12.2. The summed E-state index contributed by atoms with van der Waals surface area (Å²) >= 11 is 3.47. The van der Waals surface area contributed by atoms with Crippen LogP contribution in [0.5, 0.6) is 0 Å². The smallest absolute Gasteiger partial charge is 0.336 e. The Morgan fingerprint density at radius 3 is 2.45 bits per heavy atom. The number of rotatable bonds is 2. The van der Waals surface area contributed by atoms with Crippen LogP contribution in [0.2, 0.25) is 0 Å². The first-order valence-electron chi connectivity index (χ1n) is 6.88. The standard InChI is InChI=1S/C18H14BrNO2/c1-10-8-15-13(9-14(10)19)16(18(21)22)11(2)17(20-15)12-6-4-3-5-7-12/h3-9H,1-2H3,(H,21,22). The quantitative estimate of drug-likeness (QED) is 0.705. The number of aryl methyl sites for hydroxylation is 1. The monoisotopic (exact) mass is 355 g/mol. The van der Waals surface area contributed by atoms with Gasteiger partial charge < -0.3 is 5.11 Å². The van der Waals surface area contributed by atoms with Gasteiger partial charge in [0.05, 0.1) is 16.8 Å². The third-order valence-corrected chi connectivity index (χ3v) is 4.62. The lowest BCUT2D eigenvalue weighted by molar-refractivity contribution is 0.0698. The lowest BCUT2D eigenvalue weighted by Crippen LogP contribution is -2.05. The number of pyridine rings is 1. The van der Waals surface area contributed by atoms with Gasteiger partial charge in [-0.3, -0.25) is 0 Å². The van der Waals surface area contributed by atoms with Gasteiger partial charge in [-0.2, -0.15) is 0 Å². The van der Waals surface area contributed by atoms with Crippen LogP contribution >= 0.6 is 15.9 Å². The van der Waals surface area contributed by atoms with E-state index in [2.05, 4.69) is 15.9 Å². The van der Waals surface area contributed by atoms with Gasteiger partial charge in [0.15, 0.2) is 0 Å². The molecule has 4 heteroatoms. The van der Waals surface area contributed by atoms with Gasteiger partial charge >= 0.3 is 5.97 Å². The zero-order valence-corrected chi connectivity index (χ0v) is 13.8. The second-order valence-corrected chi connectivity index (χ2v) is 6.10. The lowest BCUT2D eigenvalue weighted by Gasteiger charge is -2.13. The molecule has 3 rings (SSSR count). The number of fused-ring (bicyclic) bond motifs is 1. The van der Waals surface area contributed by atoms with Crippen LogP contribution < -0.4 is 0 Å². The lowest BCUT2D eigenvalue weighted by atomic mass is 9.97. The molecule has 1 N–H and O–H groups in total. The largest absolute Gasteiger partial charge is 0.478 e. The van der Waals surface area contributed by atoms with Crippen molar-refractivity contribution in [3.05, 3.63) is 63.6 Å². The molecule has 0 amide bonds. The van der Waals surface area contributed by atoms with E-state index in [0.717, 1.165) is 15.6 Å². The van der Waals surface area contributed by atoms with Crippen LogP contribution in [0, 0.1) is 13.8 Å². The summed E-state index contributed by atoms with van der Waals surface area (Å²) in [5, 5.41) is 10.3. The van der Waals surface area contributed by atoms with E-state index in [9.17, 15) is 9.90 Å². The molecule has 0 saturated carbocycles. The third kappa shape index (κ3) is 2.40. The first kappa shape index (κ1) is 14.7. The average molecular weight is 356 g/mol. The minimum Gasteiger partial charge on any atom is -0.478 e. The van der Waals surface area contributed by atoms with E-state index in [1.165, 1.54) is 0 Å². The van der Waals surface area contributed by atoms with Crippen LogP contribution in [-0.4, -0.2) is 16.1 Å². The Hall–Kier alpha value is -2.20. The van der Waals surface area contributed by atoms with Gasteiger partial charge in [-0.1, -0.05) is 46.3 Å². The van der Waals surface area contributed by atoms with Crippen molar-refractivity contribution >= 4 is 32.8 Å². The third-order valence-electron chi connectivity index (χ3n) is 3.77. The van der Waals surface area contributed by atoms with Crippen molar-refractivity contribution < 1.29 is 9.90 Å². The minimum absolute atomic E-state index is 0.310. The molecule has 1 aromatic heterocycles. The maximum Gasteiger partial charge on any atom is 0.336 e. The normalized spacial score (nSPS) is 10.9. The van der Waals surface area contributed by atoms with Crippen LogP contribution in [0.3, 0.4) is 0 Å². The zero-order chi connectivity index (χ0) is 15.9. The molecule has 2 aromatic carbocycles. The number of carboxylic acids is 1. The molecular formula is C18H14BrNO2. The van der Waals surface area contributed by atoms with Gasteiger partial charge in [0.2, 0.25) is 0 Å². The van der Waals surface area contributed by atoms with E-state index in [4.69, 9.17) is 4.98 Å². The summed E-state index contributed by atoms with van der Waals surface area (Å²) in [7, 11) is 0. The molecule has 0 bridgehead atoms. The van der Waals surface area contributed by atoms with Crippen LogP contribution in [-0.2, 0) is 0 Å². The molecule has 22 heavy (non-hydrogen) atoms. The molecular weight excluding hydrogens is 342 g/mol. The Labute approximate surface area is 136 Å². The predicted molar refractivity (Wildman–Crippen MR) is 91.3 cm³/mol. The van der Waals surface area contributed by atoms with Crippen LogP contribution in [0.1, 0.15) is 21.5 Å². The minimum atomic E-state index is -0.933.